The lowest BCUT2D eigenvalue weighted by Crippen LogP contribution is -2.26. The van der Waals surface area contributed by atoms with Crippen molar-refractivity contribution in [3.63, 3.8) is 0 Å². The number of hydrogen-bond donors (Lipinski definition) is 2. The van der Waals surface area contributed by atoms with Crippen LogP contribution in [0.1, 0.15) is 24.0 Å². The van der Waals surface area contributed by atoms with Gasteiger partial charge in [-0.1, -0.05) is 12.1 Å². The number of sulfone groups is 1. The largest absolute Gasteiger partial charge is 0.326 e. The standard InChI is InChI=1S/C15H20N2O3S/c18-15(8-11-5-7-21(19,20)10-11)17-14-3-1-2-12-4-6-16-9-13(12)14/h1-3,11,16H,4-10H2,(H,17,18). The lowest BCUT2D eigenvalue weighted by Gasteiger charge is -2.21. The zero-order chi connectivity index (χ0) is 14.9. The van der Waals surface area contributed by atoms with Gasteiger partial charge in [-0.3, -0.25) is 4.79 Å². The van der Waals surface area contributed by atoms with E-state index in [-0.39, 0.29) is 29.8 Å². The van der Waals surface area contributed by atoms with Gasteiger partial charge in [0.2, 0.25) is 5.91 Å². The fraction of sp³-hybridized carbons (Fsp3) is 0.533. The molecule has 2 heterocycles. The molecular weight excluding hydrogens is 288 g/mol. The van der Waals surface area contributed by atoms with Crippen LogP contribution in [-0.2, 0) is 27.6 Å². The fourth-order valence-electron chi connectivity index (χ4n) is 3.13. The van der Waals surface area contributed by atoms with E-state index in [2.05, 4.69) is 16.7 Å². The quantitative estimate of drug-likeness (QED) is 0.877. The molecule has 5 nitrogen and oxygen atoms in total. The van der Waals surface area contributed by atoms with Gasteiger partial charge in [0, 0.05) is 18.7 Å². The zero-order valence-corrected chi connectivity index (χ0v) is 12.7. The van der Waals surface area contributed by atoms with E-state index in [9.17, 15) is 13.2 Å². The summed E-state index contributed by atoms with van der Waals surface area (Å²) >= 11 is 0. The van der Waals surface area contributed by atoms with Crippen molar-refractivity contribution in [1.29, 1.82) is 0 Å². The van der Waals surface area contributed by atoms with E-state index < -0.39 is 9.84 Å². The average Bonchev–Trinajstić information content (AvgIpc) is 2.78. The first kappa shape index (κ1) is 14.5. The molecule has 0 aliphatic carbocycles. The van der Waals surface area contributed by atoms with Crippen LogP contribution in [0.4, 0.5) is 5.69 Å². The van der Waals surface area contributed by atoms with Crippen molar-refractivity contribution >= 4 is 21.4 Å². The van der Waals surface area contributed by atoms with Gasteiger partial charge in [-0.05, 0) is 42.5 Å². The Morgan fingerprint density at radius 1 is 1.38 bits per heavy atom. The highest BCUT2D eigenvalue weighted by atomic mass is 32.2. The second-order valence-corrected chi connectivity index (χ2v) is 8.12. The Balaban J connectivity index is 1.66. The third kappa shape index (κ3) is 3.44. The topological polar surface area (TPSA) is 75.3 Å². The highest BCUT2D eigenvalue weighted by Crippen LogP contribution is 2.25. The van der Waals surface area contributed by atoms with Crippen LogP contribution in [-0.4, -0.2) is 32.4 Å². The highest BCUT2D eigenvalue weighted by Gasteiger charge is 2.29. The van der Waals surface area contributed by atoms with Crippen LogP contribution in [0.2, 0.25) is 0 Å². The third-order valence-corrected chi connectivity index (χ3v) is 6.06. The summed E-state index contributed by atoms with van der Waals surface area (Å²) in [5.41, 5.74) is 3.27. The van der Waals surface area contributed by atoms with Crippen molar-refractivity contribution in [2.75, 3.05) is 23.4 Å². The highest BCUT2D eigenvalue weighted by molar-refractivity contribution is 7.91. The summed E-state index contributed by atoms with van der Waals surface area (Å²) in [6, 6.07) is 5.96. The van der Waals surface area contributed by atoms with Crippen molar-refractivity contribution in [2.24, 2.45) is 5.92 Å². The van der Waals surface area contributed by atoms with E-state index in [1.54, 1.807) is 0 Å². The second kappa shape index (κ2) is 5.77. The summed E-state index contributed by atoms with van der Waals surface area (Å²) in [7, 11) is -2.92. The first-order valence-electron chi connectivity index (χ1n) is 7.35. The van der Waals surface area contributed by atoms with Gasteiger partial charge in [-0.2, -0.15) is 0 Å². The number of benzene rings is 1. The Labute approximate surface area is 125 Å². The number of anilines is 1. The maximum atomic E-state index is 12.1. The van der Waals surface area contributed by atoms with Crippen LogP contribution in [0.3, 0.4) is 0 Å². The van der Waals surface area contributed by atoms with Gasteiger partial charge >= 0.3 is 0 Å². The molecule has 0 radical (unpaired) electrons. The molecule has 21 heavy (non-hydrogen) atoms. The van der Waals surface area contributed by atoms with Gasteiger partial charge in [0.25, 0.3) is 0 Å². The molecule has 1 unspecified atom stereocenters. The minimum absolute atomic E-state index is 0.0346. The van der Waals surface area contributed by atoms with Gasteiger partial charge in [-0.15, -0.1) is 0 Å². The van der Waals surface area contributed by atoms with Crippen LogP contribution in [0.15, 0.2) is 18.2 Å². The predicted molar refractivity (Wildman–Crippen MR) is 81.9 cm³/mol. The van der Waals surface area contributed by atoms with E-state index in [4.69, 9.17) is 0 Å². The smallest absolute Gasteiger partial charge is 0.224 e. The molecule has 1 amide bonds. The number of carbonyl (C=O) groups is 1. The SMILES string of the molecule is O=C(CC1CCS(=O)(=O)C1)Nc1cccc2c1CNCC2. The molecular formula is C15H20N2O3S. The molecule has 3 rings (SSSR count). The monoisotopic (exact) mass is 308 g/mol. The van der Waals surface area contributed by atoms with Crippen molar-refractivity contribution < 1.29 is 13.2 Å². The lowest BCUT2D eigenvalue weighted by atomic mass is 9.99. The minimum atomic E-state index is -2.92. The van der Waals surface area contributed by atoms with E-state index in [0.717, 1.165) is 30.8 Å². The van der Waals surface area contributed by atoms with E-state index >= 15 is 0 Å². The third-order valence-electron chi connectivity index (χ3n) is 4.22. The molecule has 1 atom stereocenters. The summed E-state index contributed by atoms with van der Waals surface area (Å²) in [4.78, 5) is 12.1. The van der Waals surface area contributed by atoms with Crippen molar-refractivity contribution in [3.05, 3.63) is 29.3 Å². The Kier molecular flexibility index (Phi) is 3.99. The Hall–Kier alpha value is -1.40. The normalized spacial score (nSPS) is 23.5. The first-order chi connectivity index (χ1) is 10.0. The molecule has 2 N–H and O–H groups in total. The van der Waals surface area contributed by atoms with Gasteiger partial charge < -0.3 is 10.6 Å². The minimum Gasteiger partial charge on any atom is -0.326 e. The average molecular weight is 308 g/mol. The molecule has 0 saturated carbocycles. The van der Waals surface area contributed by atoms with Gasteiger partial charge in [0.15, 0.2) is 9.84 Å². The molecule has 1 fully saturated rings. The van der Waals surface area contributed by atoms with E-state index in [0.29, 0.717) is 6.42 Å². The summed E-state index contributed by atoms with van der Waals surface area (Å²) in [6.45, 7) is 1.73. The maximum Gasteiger partial charge on any atom is 0.224 e. The van der Waals surface area contributed by atoms with Crippen molar-refractivity contribution in [2.45, 2.75) is 25.8 Å². The molecule has 0 aromatic heterocycles. The maximum absolute atomic E-state index is 12.1. The van der Waals surface area contributed by atoms with Crippen molar-refractivity contribution in [3.8, 4) is 0 Å². The van der Waals surface area contributed by atoms with Crippen LogP contribution >= 0.6 is 0 Å². The molecule has 1 aromatic rings. The molecule has 6 heteroatoms. The first-order valence-corrected chi connectivity index (χ1v) is 9.17. The van der Waals surface area contributed by atoms with E-state index in [1.165, 1.54) is 5.56 Å². The van der Waals surface area contributed by atoms with Gasteiger partial charge in [0.05, 0.1) is 11.5 Å². The van der Waals surface area contributed by atoms with Gasteiger partial charge in [0.1, 0.15) is 0 Å². The van der Waals surface area contributed by atoms with Crippen LogP contribution in [0, 0.1) is 5.92 Å². The molecule has 2 aliphatic rings. The summed E-state index contributed by atoms with van der Waals surface area (Å²) in [5.74, 6) is 0.244. The number of carbonyl (C=O) groups excluding carboxylic acids is 1. The molecule has 114 valence electrons. The Morgan fingerprint density at radius 3 is 3.00 bits per heavy atom. The molecule has 2 aliphatic heterocycles. The summed E-state index contributed by atoms with van der Waals surface area (Å²) < 4.78 is 22.9. The van der Waals surface area contributed by atoms with E-state index in [1.807, 2.05) is 12.1 Å². The van der Waals surface area contributed by atoms with Crippen LogP contribution in [0.25, 0.3) is 0 Å². The number of amides is 1. The second-order valence-electron chi connectivity index (χ2n) is 5.89. The number of fused-ring (bicyclic) bond motifs is 1. The lowest BCUT2D eigenvalue weighted by molar-refractivity contribution is -0.116. The summed E-state index contributed by atoms with van der Waals surface area (Å²) in [5, 5.41) is 6.26. The fourth-order valence-corrected chi connectivity index (χ4v) is 4.99. The number of nitrogens with one attached hydrogen (secondary N) is 2. The van der Waals surface area contributed by atoms with Gasteiger partial charge in [-0.25, -0.2) is 8.42 Å². The number of rotatable bonds is 3. The molecule has 1 saturated heterocycles. The summed E-state index contributed by atoms with van der Waals surface area (Å²) in [6.07, 6.45) is 1.86. The van der Waals surface area contributed by atoms with Crippen molar-refractivity contribution in [1.82, 2.24) is 5.32 Å². The molecule has 1 aromatic carbocycles. The number of hydrogen-bond acceptors (Lipinski definition) is 4. The Bertz CT molecular complexity index is 655. The Morgan fingerprint density at radius 2 is 2.24 bits per heavy atom. The molecule has 0 spiro atoms. The zero-order valence-electron chi connectivity index (χ0n) is 11.9. The van der Waals surface area contributed by atoms with Crippen LogP contribution < -0.4 is 10.6 Å². The van der Waals surface area contributed by atoms with Crippen LogP contribution in [0.5, 0.6) is 0 Å². The molecule has 0 bridgehead atoms. The predicted octanol–water partition coefficient (Wildman–Crippen LogP) is 1.10.